The number of hydrogen-bond donors (Lipinski definition) is 2. The number of methoxy groups -OCH3 is 1. The van der Waals surface area contributed by atoms with Crippen LogP contribution >= 0.6 is 0 Å². The van der Waals surface area contributed by atoms with E-state index in [2.05, 4.69) is 20.8 Å². The number of benzene rings is 1. The number of anilines is 1. The van der Waals surface area contributed by atoms with E-state index in [0.29, 0.717) is 5.69 Å². The Morgan fingerprint density at radius 3 is 2.89 bits per heavy atom. The van der Waals surface area contributed by atoms with Crippen LogP contribution in [0.15, 0.2) is 30.5 Å². The minimum Gasteiger partial charge on any atom is -0.495 e. The second-order valence-electron chi connectivity index (χ2n) is 4.19. The van der Waals surface area contributed by atoms with Crippen LogP contribution in [-0.4, -0.2) is 21.9 Å². The molecule has 3 aromatic rings. The summed E-state index contributed by atoms with van der Waals surface area (Å²) in [5.74, 6) is 0.847. The van der Waals surface area contributed by atoms with E-state index in [4.69, 9.17) is 10.5 Å². The van der Waals surface area contributed by atoms with E-state index >= 15 is 0 Å². The number of nitrogens with zero attached hydrogens (tertiary/aromatic N) is 2. The van der Waals surface area contributed by atoms with Gasteiger partial charge in [-0.05, 0) is 12.1 Å². The molecule has 0 radical (unpaired) electrons. The van der Waals surface area contributed by atoms with Crippen LogP contribution in [0.3, 0.4) is 0 Å². The van der Waals surface area contributed by atoms with E-state index in [1.165, 1.54) is 0 Å². The largest absolute Gasteiger partial charge is 0.495 e. The monoisotopic (exact) mass is 242 g/mol. The van der Waals surface area contributed by atoms with Crippen molar-refractivity contribution in [2.24, 2.45) is 7.05 Å². The molecule has 0 saturated carbocycles. The van der Waals surface area contributed by atoms with Crippen LogP contribution in [0.2, 0.25) is 0 Å². The molecule has 0 spiro atoms. The van der Waals surface area contributed by atoms with Gasteiger partial charge >= 0.3 is 0 Å². The van der Waals surface area contributed by atoms with Gasteiger partial charge in [-0.1, -0.05) is 12.1 Å². The molecule has 18 heavy (non-hydrogen) atoms. The lowest BCUT2D eigenvalue weighted by Gasteiger charge is -2.06. The maximum absolute atomic E-state index is 5.90. The Morgan fingerprint density at radius 1 is 1.39 bits per heavy atom. The zero-order chi connectivity index (χ0) is 12.7. The summed E-state index contributed by atoms with van der Waals surface area (Å²) >= 11 is 0. The van der Waals surface area contributed by atoms with Gasteiger partial charge < -0.3 is 15.0 Å². The molecule has 3 N–H and O–H groups in total. The number of rotatable bonds is 2. The number of nitrogen functional groups attached to an aromatic ring is 1. The van der Waals surface area contributed by atoms with Gasteiger partial charge in [0.1, 0.15) is 11.4 Å². The topological polar surface area (TPSA) is 68.9 Å². The van der Waals surface area contributed by atoms with Crippen molar-refractivity contribution >= 4 is 16.6 Å². The standard InChI is InChI=1S/C13H14N4O/c1-17-10(12-9(14)7-15-16-12)6-8-4-3-5-11(18-2)13(8)17/h3-7H,14H2,1-2H3,(H,15,16). The molecule has 2 aromatic heterocycles. The highest BCUT2D eigenvalue weighted by molar-refractivity contribution is 5.92. The van der Waals surface area contributed by atoms with E-state index < -0.39 is 0 Å². The average Bonchev–Trinajstić information content (AvgIpc) is 2.93. The van der Waals surface area contributed by atoms with Gasteiger partial charge in [-0.2, -0.15) is 5.10 Å². The molecule has 0 aliphatic carbocycles. The fourth-order valence-corrected chi connectivity index (χ4v) is 2.28. The second kappa shape index (κ2) is 3.80. The smallest absolute Gasteiger partial charge is 0.143 e. The molecule has 2 heterocycles. The van der Waals surface area contributed by atoms with E-state index in [9.17, 15) is 0 Å². The predicted molar refractivity (Wildman–Crippen MR) is 71.5 cm³/mol. The molecule has 0 fully saturated rings. The molecule has 92 valence electrons. The van der Waals surface area contributed by atoms with Gasteiger partial charge in [-0.3, -0.25) is 5.10 Å². The van der Waals surface area contributed by atoms with Gasteiger partial charge in [0, 0.05) is 12.4 Å². The van der Waals surface area contributed by atoms with Crippen molar-refractivity contribution in [3.8, 4) is 17.1 Å². The van der Waals surface area contributed by atoms with E-state index in [1.807, 2.05) is 25.2 Å². The summed E-state index contributed by atoms with van der Waals surface area (Å²) in [4.78, 5) is 0. The molecule has 5 heteroatoms. The third-order valence-corrected chi connectivity index (χ3v) is 3.16. The molecule has 1 aromatic carbocycles. The van der Waals surface area contributed by atoms with Crippen molar-refractivity contribution < 1.29 is 4.74 Å². The second-order valence-corrected chi connectivity index (χ2v) is 4.19. The van der Waals surface area contributed by atoms with Crippen LogP contribution in [0.4, 0.5) is 5.69 Å². The molecule has 0 saturated heterocycles. The molecular weight excluding hydrogens is 228 g/mol. The van der Waals surface area contributed by atoms with Crippen LogP contribution in [0, 0.1) is 0 Å². The first-order valence-electron chi connectivity index (χ1n) is 5.64. The van der Waals surface area contributed by atoms with Gasteiger partial charge in [0.25, 0.3) is 0 Å². The molecule has 0 aliphatic rings. The number of aromatic nitrogens is 3. The molecule has 3 rings (SSSR count). The van der Waals surface area contributed by atoms with Crippen molar-refractivity contribution in [1.29, 1.82) is 0 Å². The SMILES string of the molecule is COc1cccc2cc(-c3[nH]ncc3N)n(C)c12. The Bertz CT molecular complexity index is 711. The number of aromatic amines is 1. The number of para-hydroxylation sites is 1. The normalized spacial score (nSPS) is 11.0. The summed E-state index contributed by atoms with van der Waals surface area (Å²) in [5, 5.41) is 7.99. The highest BCUT2D eigenvalue weighted by atomic mass is 16.5. The molecule has 0 aliphatic heterocycles. The number of hydrogen-bond acceptors (Lipinski definition) is 3. The first-order valence-corrected chi connectivity index (χ1v) is 5.64. The number of nitrogens with two attached hydrogens (primary N) is 1. The molecular formula is C13H14N4O. The zero-order valence-corrected chi connectivity index (χ0v) is 10.3. The number of H-pyrrole nitrogens is 1. The predicted octanol–water partition coefficient (Wildman–Crippen LogP) is 2.16. The molecule has 0 bridgehead atoms. The minimum absolute atomic E-state index is 0.639. The average molecular weight is 242 g/mol. The molecule has 5 nitrogen and oxygen atoms in total. The van der Waals surface area contributed by atoms with Gasteiger partial charge in [0.15, 0.2) is 0 Å². The van der Waals surface area contributed by atoms with Gasteiger partial charge in [-0.25, -0.2) is 0 Å². The summed E-state index contributed by atoms with van der Waals surface area (Å²) < 4.78 is 7.44. The number of nitrogens with one attached hydrogen (secondary N) is 1. The van der Waals surface area contributed by atoms with Crippen LogP contribution in [-0.2, 0) is 7.05 Å². The van der Waals surface area contributed by atoms with Crippen LogP contribution in [0.1, 0.15) is 0 Å². The zero-order valence-electron chi connectivity index (χ0n) is 10.3. The first kappa shape index (κ1) is 10.7. The molecule has 0 amide bonds. The quantitative estimate of drug-likeness (QED) is 0.723. The van der Waals surface area contributed by atoms with Crippen molar-refractivity contribution in [2.45, 2.75) is 0 Å². The van der Waals surface area contributed by atoms with Gasteiger partial charge in [0.2, 0.25) is 0 Å². The van der Waals surface area contributed by atoms with E-state index in [1.54, 1.807) is 13.3 Å². The highest BCUT2D eigenvalue weighted by Crippen LogP contribution is 2.33. The lowest BCUT2D eigenvalue weighted by atomic mass is 10.2. The summed E-state index contributed by atoms with van der Waals surface area (Å²) in [6.45, 7) is 0. The van der Waals surface area contributed by atoms with Gasteiger partial charge in [0.05, 0.1) is 30.2 Å². The Morgan fingerprint density at radius 2 is 2.22 bits per heavy atom. The Labute approximate surface area is 104 Å². The first-order chi connectivity index (χ1) is 8.72. The summed E-state index contributed by atoms with van der Waals surface area (Å²) in [5.41, 5.74) is 9.40. The summed E-state index contributed by atoms with van der Waals surface area (Å²) in [6, 6.07) is 8.04. The molecule has 0 atom stereocenters. The lowest BCUT2D eigenvalue weighted by molar-refractivity contribution is 0.418. The maximum Gasteiger partial charge on any atom is 0.143 e. The lowest BCUT2D eigenvalue weighted by Crippen LogP contribution is -1.96. The fraction of sp³-hybridized carbons (Fsp3) is 0.154. The maximum atomic E-state index is 5.90. The number of fused-ring (bicyclic) bond motifs is 1. The van der Waals surface area contributed by atoms with Crippen molar-refractivity contribution in [2.75, 3.05) is 12.8 Å². The van der Waals surface area contributed by atoms with E-state index in [-0.39, 0.29) is 0 Å². The van der Waals surface area contributed by atoms with Crippen molar-refractivity contribution in [3.63, 3.8) is 0 Å². The number of ether oxygens (including phenoxy) is 1. The third-order valence-electron chi connectivity index (χ3n) is 3.16. The van der Waals surface area contributed by atoms with Crippen LogP contribution in [0.25, 0.3) is 22.3 Å². The number of aryl methyl sites for hydroxylation is 1. The van der Waals surface area contributed by atoms with Gasteiger partial charge in [-0.15, -0.1) is 0 Å². The molecule has 0 unspecified atom stereocenters. The van der Waals surface area contributed by atoms with Crippen molar-refractivity contribution in [1.82, 2.24) is 14.8 Å². The van der Waals surface area contributed by atoms with Crippen LogP contribution < -0.4 is 10.5 Å². The van der Waals surface area contributed by atoms with Crippen LogP contribution in [0.5, 0.6) is 5.75 Å². The summed E-state index contributed by atoms with van der Waals surface area (Å²) in [6.07, 6.45) is 1.62. The Kier molecular flexibility index (Phi) is 2.26. The summed E-state index contributed by atoms with van der Waals surface area (Å²) in [7, 11) is 3.66. The third kappa shape index (κ3) is 1.37. The highest BCUT2D eigenvalue weighted by Gasteiger charge is 2.14. The van der Waals surface area contributed by atoms with Crippen molar-refractivity contribution in [3.05, 3.63) is 30.5 Å². The Hall–Kier alpha value is -2.43. The Balaban J connectivity index is 2.33. The minimum atomic E-state index is 0.639. The fourth-order valence-electron chi connectivity index (χ4n) is 2.28. The van der Waals surface area contributed by atoms with E-state index in [0.717, 1.165) is 28.0 Å².